The minimum Gasteiger partial charge on any atom is -0.451 e. The van der Waals surface area contributed by atoms with Crippen LogP contribution in [0.3, 0.4) is 0 Å². The maximum Gasteiger partial charge on any atom is 0.181 e. The molecular formula is C10H6N2O. The molecule has 3 heteroatoms. The maximum absolute atomic E-state index is 8.67. The Balaban J connectivity index is 2.49. The smallest absolute Gasteiger partial charge is 0.181 e. The van der Waals surface area contributed by atoms with Gasteiger partial charge in [0, 0.05) is 5.56 Å². The fourth-order valence-corrected chi connectivity index (χ4v) is 1.10. The summed E-state index contributed by atoms with van der Waals surface area (Å²) in [6.45, 7) is 0. The van der Waals surface area contributed by atoms with Crippen LogP contribution in [0.4, 0.5) is 0 Å². The van der Waals surface area contributed by atoms with Crippen LogP contribution < -0.4 is 0 Å². The van der Waals surface area contributed by atoms with Gasteiger partial charge in [-0.15, -0.1) is 0 Å². The summed E-state index contributed by atoms with van der Waals surface area (Å²) in [6, 6.07) is 9.31. The van der Waals surface area contributed by atoms with Crippen molar-refractivity contribution in [3.63, 3.8) is 0 Å². The van der Waals surface area contributed by atoms with Gasteiger partial charge >= 0.3 is 0 Å². The summed E-state index contributed by atoms with van der Waals surface area (Å²) < 4.78 is 4.85. The number of hydrogen-bond acceptors (Lipinski definition) is 3. The van der Waals surface area contributed by atoms with E-state index in [4.69, 9.17) is 9.68 Å². The molecule has 0 radical (unpaired) electrons. The van der Waals surface area contributed by atoms with Crippen molar-refractivity contribution < 1.29 is 4.42 Å². The Kier molecular flexibility index (Phi) is 1.81. The molecule has 0 atom stereocenters. The van der Waals surface area contributed by atoms with Crippen LogP contribution in [-0.4, -0.2) is 4.98 Å². The Morgan fingerprint density at radius 3 is 3.00 bits per heavy atom. The fraction of sp³-hybridized carbons (Fsp3) is 0. The zero-order chi connectivity index (χ0) is 9.10. The summed E-state index contributed by atoms with van der Waals surface area (Å²) in [5.74, 6) is 0. The van der Waals surface area contributed by atoms with E-state index in [-0.39, 0.29) is 0 Å². The number of benzene rings is 1. The molecule has 0 unspecified atom stereocenters. The third-order valence-electron chi connectivity index (χ3n) is 1.72. The van der Waals surface area contributed by atoms with Gasteiger partial charge in [-0.1, -0.05) is 12.1 Å². The van der Waals surface area contributed by atoms with Crippen molar-refractivity contribution >= 4 is 0 Å². The summed E-state index contributed by atoms with van der Waals surface area (Å²) in [6.07, 6.45) is 2.92. The van der Waals surface area contributed by atoms with Crippen LogP contribution in [0, 0.1) is 11.3 Å². The Morgan fingerprint density at radius 2 is 2.31 bits per heavy atom. The Bertz CT molecular complexity index is 440. The van der Waals surface area contributed by atoms with Crippen molar-refractivity contribution in [1.29, 1.82) is 5.26 Å². The van der Waals surface area contributed by atoms with Gasteiger partial charge in [0.25, 0.3) is 0 Å². The molecule has 0 aliphatic heterocycles. The van der Waals surface area contributed by atoms with Crippen molar-refractivity contribution in [2.24, 2.45) is 0 Å². The van der Waals surface area contributed by atoms with Crippen molar-refractivity contribution in [3.8, 4) is 17.3 Å². The van der Waals surface area contributed by atoms with Crippen LogP contribution in [0.2, 0.25) is 0 Å². The Morgan fingerprint density at radius 1 is 1.38 bits per heavy atom. The number of nitrogens with zero attached hydrogens (tertiary/aromatic N) is 2. The summed E-state index contributed by atoms with van der Waals surface area (Å²) >= 11 is 0. The van der Waals surface area contributed by atoms with Crippen molar-refractivity contribution in [2.75, 3.05) is 0 Å². The molecule has 13 heavy (non-hydrogen) atoms. The second kappa shape index (κ2) is 3.11. The highest BCUT2D eigenvalue weighted by atomic mass is 16.3. The molecule has 3 nitrogen and oxygen atoms in total. The molecule has 2 aromatic rings. The SMILES string of the molecule is N#Cc1cccc(-c2cocn2)c1. The first-order valence-electron chi connectivity index (χ1n) is 3.79. The Hall–Kier alpha value is -2.08. The molecular weight excluding hydrogens is 164 g/mol. The molecule has 0 saturated carbocycles. The van der Waals surface area contributed by atoms with Crippen LogP contribution >= 0.6 is 0 Å². The van der Waals surface area contributed by atoms with Crippen molar-refractivity contribution in [2.45, 2.75) is 0 Å². The van der Waals surface area contributed by atoms with Gasteiger partial charge in [0.1, 0.15) is 12.0 Å². The van der Waals surface area contributed by atoms with E-state index in [1.807, 2.05) is 12.1 Å². The van der Waals surface area contributed by atoms with Gasteiger partial charge in [-0.05, 0) is 12.1 Å². The summed E-state index contributed by atoms with van der Waals surface area (Å²) in [5, 5.41) is 8.67. The van der Waals surface area contributed by atoms with Crippen LogP contribution in [0.25, 0.3) is 11.3 Å². The highest BCUT2D eigenvalue weighted by Crippen LogP contribution is 2.17. The molecule has 0 bridgehead atoms. The monoisotopic (exact) mass is 170 g/mol. The number of nitriles is 1. The largest absolute Gasteiger partial charge is 0.451 e. The zero-order valence-corrected chi connectivity index (χ0v) is 6.77. The van der Waals surface area contributed by atoms with Crippen molar-refractivity contribution in [1.82, 2.24) is 4.98 Å². The molecule has 0 N–H and O–H groups in total. The number of aromatic nitrogens is 1. The first kappa shape index (κ1) is 7.56. The van der Waals surface area contributed by atoms with Gasteiger partial charge in [-0.25, -0.2) is 4.98 Å². The second-order valence-electron chi connectivity index (χ2n) is 2.57. The molecule has 1 aromatic heterocycles. The highest BCUT2D eigenvalue weighted by molar-refractivity contribution is 5.59. The molecule has 0 aliphatic rings. The summed E-state index contributed by atoms with van der Waals surface area (Å²) in [5.41, 5.74) is 2.27. The first-order valence-corrected chi connectivity index (χ1v) is 3.79. The quantitative estimate of drug-likeness (QED) is 0.659. The molecule has 0 amide bonds. The van der Waals surface area contributed by atoms with Crippen molar-refractivity contribution in [3.05, 3.63) is 42.5 Å². The number of rotatable bonds is 1. The maximum atomic E-state index is 8.67. The van der Waals surface area contributed by atoms with Gasteiger partial charge < -0.3 is 4.42 Å². The molecule has 0 spiro atoms. The standard InChI is InChI=1S/C10H6N2O/c11-5-8-2-1-3-9(4-8)10-6-13-7-12-10/h1-4,6-7H. The average Bonchev–Trinajstić information content (AvgIpc) is 2.71. The lowest BCUT2D eigenvalue weighted by Crippen LogP contribution is -1.78. The third kappa shape index (κ3) is 1.42. The summed E-state index contributed by atoms with van der Waals surface area (Å²) in [4.78, 5) is 3.99. The highest BCUT2D eigenvalue weighted by Gasteiger charge is 2.00. The van der Waals surface area contributed by atoms with E-state index in [1.54, 1.807) is 18.4 Å². The molecule has 62 valence electrons. The predicted octanol–water partition coefficient (Wildman–Crippen LogP) is 2.21. The topological polar surface area (TPSA) is 49.8 Å². The van der Waals surface area contributed by atoms with Gasteiger partial charge in [-0.2, -0.15) is 5.26 Å². The normalized spacial score (nSPS) is 9.46. The van der Waals surface area contributed by atoms with Crippen LogP contribution in [0.1, 0.15) is 5.56 Å². The molecule has 0 aliphatic carbocycles. The number of oxazole rings is 1. The predicted molar refractivity (Wildman–Crippen MR) is 46.7 cm³/mol. The van der Waals surface area contributed by atoms with E-state index in [0.717, 1.165) is 11.3 Å². The second-order valence-corrected chi connectivity index (χ2v) is 2.57. The fourth-order valence-electron chi connectivity index (χ4n) is 1.10. The Labute approximate surface area is 75.3 Å². The third-order valence-corrected chi connectivity index (χ3v) is 1.72. The van der Waals surface area contributed by atoms with Gasteiger partial charge in [0.2, 0.25) is 0 Å². The lowest BCUT2D eigenvalue weighted by molar-refractivity contribution is 0.558. The lowest BCUT2D eigenvalue weighted by Gasteiger charge is -1.94. The van der Waals surface area contributed by atoms with Gasteiger partial charge in [0.15, 0.2) is 6.39 Å². The zero-order valence-electron chi connectivity index (χ0n) is 6.77. The van der Waals surface area contributed by atoms with E-state index < -0.39 is 0 Å². The molecule has 1 aromatic carbocycles. The lowest BCUT2D eigenvalue weighted by atomic mass is 10.1. The van der Waals surface area contributed by atoms with Gasteiger partial charge in [0.05, 0.1) is 11.6 Å². The minimum absolute atomic E-state index is 0.625. The van der Waals surface area contributed by atoms with E-state index in [9.17, 15) is 0 Å². The molecule has 0 saturated heterocycles. The van der Waals surface area contributed by atoms with E-state index in [2.05, 4.69) is 11.1 Å². The van der Waals surface area contributed by atoms with Crippen LogP contribution in [-0.2, 0) is 0 Å². The van der Waals surface area contributed by atoms with E-state index in [1.165, 1.54) is 6.39 Å². The molecule has 1 heterocycles. The van der Waals surface area contributed by atoms with Gasteiger partial charge in [-0.3, -0.25) is 0 Å². The number of hydrogen-bond donors (Lipinski definition) is 0. The van der Waals surface area contributed by atoms with E-state index in [0.29, 0.717) is 5.56 Å². The summed E-state index contributed by atoms with van der Waals surface area (Å²) in [7, 11) is 0. The first-order chi connectivity index (χ1) is 6.40. The molecule has 0 fully saturated rings. The molecule has 2 rings (SSSR count). The average molecular weight is 170 g/mol. The van der Waals surface area contributed by atoms with E-state index >= 15 is 0 Å². The minimum atomic E-state index is 0.625. The van der Waals surface area contributed by atoms with Crippen LogP contribution in [0.15, 0.2) is 41.3 Å². The van der Waals surface area contributed by atoms with Crippen LogP contribution in [0.5, 0.6) is 0 Å².